The summed E-state index contributed by atoms with van der Waals surface area (Å²) < 4.78 is 12.8. The Labute approximate surface area is 243 Å². The van der Waals surface area contributed by atoms with E-state index < -0.39 is 11.1 Å². The van der Waals surface area contributed by atoms with Gasteiger partial charge in [-0.2, -0.15) is 0 Å². The van der Waals surface area contributed by atoms with Crippen LogP contribution in [0, 0.1) is 5.92 Å². The minimum atomic E-state index is -0.672. The monoisotopic (exact) mass is 548 g/mol. The molecule has 4 bridgehead atoms. The van der Waals surface area contributed by atoms with E-state index in [2.05, 4.69) is 88.7 Å². The minimum absolute atomic E-state index is 0.00384. The molecule has 0 aromatic heterocycles. The first-order valence-corrected chi connectivity index (χ1v) is 15.5. The Morgan fingerprint density at radius 1 is 0.927 bits per heavy atom. The third-order valence-corrected chi connectivity index (χ3v) is 11.2. The van der Waals surface area contributed by atoms with E-state index in [1.165, 1.54) is 35.1 Å². The third-order valence-electron chi connectivity index (χ3n) is 11.2. The van der Waals surface area contributed by atoms with Gasteiger partial charge >= 0.3 is 5.97 Å². The van der Waals surface area contributed by atoms with Gasteiger partial charge in [0.2, 0.25) is 0 Å². The van der Waals surface area contributed by atoms with E-state index in [0.29, 0.717) is 0 Å². The van der Waals surface area contributed by atoms with E-state index in [4.69, 9.17) is 9.47 Å². The van der Waals surface area contributed by atoms with Gasteiger partial charge in [-0.05, 0) is 91.8 Å². The van der Waals surface area contributed by atoms with Crippen molar-refractivity contribution < 1.29 is 14.3 Å². The SMILES string of the molecule is COc1ccc2c(c1)[C@]13CCN(CC4CC4)[C@H](C2)[C@]12CCC(N(Cc1ccccc1)Cc1ccccc1)(C3)C(=O)O2. The number of carbonyl (C=O) groups is 1. The van der Waals surface area contributed by atoms with Gasteiger partial charge in [-0.3, -0.25) is 14.6 Å². The van der Waals surface area contributed by atoms with Crippen molar-refractivity contribution in [1.29, 1.82) is 0 Å². The predicted octanol–water partition coefficient (Wildman–Crippen LogP) is 5.89. The van der Waals surface area contributed by atoms with Crippen LogP contribution in [0.15, 0.2) is 78.9 Å². The zero-order valence-corrected chi connectivity index (χ0v) is 24.1. The van der Waals surface area contributed by atoms with Gasteiger partial charge in [0.1, 0.15) is 16.9 Å². The summed E-state index contributed by atoms with van der Waals surface area (Å²) in [7, 11) is 1.76. The smallest absolute Gasteiger partial charge is 0.327 e. The summed E-state index contributed by atoms with van der Waals surface area (Å²) in [4.78, 5) is 19.7. The molecule has 2 saturated carbocycles. The van der Waals surface area contributed by atoms with Crippen molar-refractivity contribution in [3.8, 4) is 5.75 Å². The highest BCUT2D eigenvalue weighted by molar-refractivity contribution is 5.85. The molecule has 41 heavy (non-hydrogen) atoms. The number of hydrogen-bond donors (Lipinski definition) is 0. The summed E-state index contributed by atoms with van der Waals surface area (Å²) in [5.74, 6) is 1.71. The maximum Gasteiger partial charge on any atom is 0.327 e. The first-order chi connectivity index (χ1) is 20.1. The number of benzene rings is 3. The van der Waals surface area contributed by atoms with E-state index in [-0.39, 0.29) is 17.4 Å². The molecular formula is C36H40N2O3. The third kappa shape index (κ3) is 3.85. The first-order valence-electron chi connectivity index (χ1n) is 15.5. The molecule has 1 spiro atoms. The Hall–Kier alpha value is -3.15. The Kier molecular flexibility index (Phi) is 5.88. The van der Waals surface area contributed by atoms with E-state index in [1.54, 1.807) is 7.11 Å². The largest absolute Gasteiger partial charge is 0.497 e. The average Bonchev–Trinajstić information content (AvgIpc) is 3.83. The fraction of sp³-hybridized carbons (Fsp3) is 0.472. The van der Waals surface area contributed by atoms with Crippen LogP contribution in [-0.4, -0.2) is 53.2 Å². The summed E-state index contributed by atoms with van der Waals surface area (Å²) in [6.07, 6.45) is 7.23. The number of fused-ring (bicyclic) bond motifs is 3. The number of hydrogen-bond acceptors (Lipinski definition) is 5. The fourth-order valence-electron chi connectivity index (χ4n) is 9.07. The Balaban J connectivity index is 1.26. The second kappa shape index (κ2) is 9.43. The predicted molar refractivity (Wildman–Crippen MR) is 159 cm³/mol. The van der Waals surface area contributed by atoms with Crippen LogP contribution in [0.5, 0.6) is 5.75 Å². The second-order valence-corrected chi connectivity index (χ2v) is 13.3. The maximum atomic E-state index is 14.5. The number of methoxy groups -OCH3 is 1. The van der Waals surface area contributed by atoms with Gasteiger partial charge in [-0.25, -0.2) is 0 Å². The van der Waals surface area contributed by atoms with Gasteiger partial charge in [0.05, 0.1) is 13.2 Å². The number of likely N-dealkylation sites (tertiary alicyclic amines) is 1. The van der Waals surface area contributed by atoms with Crippen molar-refractivity contribution in [1.82, 2.24) is 9.80 Å². The van der Waals surface area contributed by atoms with Crippen LogP contribution in [-0.2, 0) is 34.5 Å². The van der Waals surface area contributed by atoms with Crippen molar-refractivity contribution in [3.05, 3.63) is 101 Å². The van der Waals surface area contributed by atoms with Crippen molar-refractivity contribution in [2.75, 3.05) is 20.2 Å². The van der Waals surface area contributed by atoms with E-state index in [0.717, 1.165) is 70.0 Å². The molecule has 3 heterocycles. The van der Waals surface area contributed by atoms with Crippen LogP contribution < -0.4 is 4.74 Å². The molecule has 6 aliphatic rings. The molecule has 1 unspecified atom stereocenters. The summed E-state index contributed by atoms with van der Waals surface area (Å²) in [6.45, 7) is 3.65. The molecule has 3 aliphatic carbocycles. The Bertz CT molecular complexity index is 1410. The molecule has 3 aliphatic heterocycles. The molecular weight excluding hydrogens is 508 g/mol. The van der Waals surface area contributed by atoms with Crippen LogP contribution >= 0.6 is 0 Å². The lowest BCUT2D eigenvalue weighted by Crippen LogP contribution is -2.82. The molecule has 3 aromatic carbocycles. The highest BCUT2D eigenvalue weighted by atomic mass is 16.6. The second-order valence-electron chi connectivity index (χ2n) is 13.3. The van der Waals surface area contributed by atoms with Gasteiger partial charge in [-0.15, -0.1) is 0 Å². The minimum Gasteiger partial charge on any atom is -0.497 e. The van der Waals surface area contributed by atoms with Crippen LogP contribution in [0.3, 0.4) is 0 Å². The molecule has 3 aromatic rings. The quantitative estimate of drug-likeness (QED) is 0.328. The average molecular weight is 549 g/mol. The highest BCUT2D eigenvalue weighted by Crippen LogP contribution is 2.66. The Morgan fingerprint density at radius 3 is 2.27 bits per heavy atom. The van der Waals surface area contributed by atoms with E-state index in [1.807, 2.05) is 0 Å². The lowest BCUT2D eigenvalue weighted by molar-refractivity contribution is -0.263. The lowest BCUT2D eigenvalue weighted by atomic mass is 9.44. The standard InChI is InChI=1S/C36H40N2O3/c1-40-30-15-14-29-20-32-36-17-16-35(33(39)41-36,25-34(36,31(29)21-30)18-19-37(32)22-28-12-13-28)38(23-26-8-4-2-5-9-26)24-27-10-6-3-7-11-27/h2-11,14-15,21,28,32H,12-13,16-20,22-25H2,1H3/t32-,34-,35?,36-/m1/s1. The molecule has 0 amide bonds. The number of esters is 1. The number of piperidine rings is 1. The molecule has 0 radical (unpaired) electrons. The summed E-state index contributed by atoms with van der Waals surface area (Å²) in [5, 5.41) is 0. The number of rotatable bonds is 8. The summed E-state index contributed by atoms with van der Waals surface area (Å²) >= 11 is 0. The zero-order chi connectivity index (χ0) is 27.7. The van der Waals surface area contributed by atoms with Crippen LogP contribution in [0.4, 0.5) is 0 Å². The van der Waals surface area contributed by atoms with E-state index >= 15 is 0 Å². The number of carbonyl (C=O) groups excluding carboxylic acids is 1. The molecule has 5 fully saturated rings. The van der Waals surface area contributed by atoms with Gasteiger partial charge in [-0.1, -0.05) is 66.7 Å². The lowest BCUT2D eigenvalue weighted by Gasteiger charge is -2.71. The number of ether oxygens (including phenoxy) is 2. The van der Waals surface area contributed by atoms with E-state index in [9.17, 15) is 4.79 Å². The molecule has 0 N–H and O–H groups in total. The van der Waals surface area contributed by atoms with Crippen molar-refractivity contribution >= 4 is 5.97 Å². The fourth-order valence-corrected chi connectivity index (χ4v) is 9.07. The van der Waals surface area contributed by atoms with Gasteiger partial charge in [0, 0.05) is 25.0 Å². The van der Waals surface area contributed by atoms with Crippen molar-refractivity contribution in [3.63, 3.8) is 0 Å². The molecule has 5 heteroatoms. The Morgan fingerprint density at radius 2 is 1.63 bits per heavy atom. The van der Waals surface area contributed by atoms with Crippen LogP contribution in [0.25, 0.3) is 0 Å². The molecule has 4 atom stereocenters. The molecule has 5 nitrogen and oxygen atoms in total. The van der Waals surface area contributed by atoms with Crippen LogP contribution in [0.1, 0.15) is 60.8 Å². The number of nitrogens with zero attached hydrogens (tertiary/aromatic N) is 2. The zero-order valence-electron chi connectivity index (χ0n) is 24.1. The van der Waals surface area contributed by atoms with Crippen LogP contribution in [0.2, 0.25) is 0 Å². The van der Waals surface area contributed by atoms with Gasteiger partial charge in [0.15, 0.2) is 0 Å². The molecule has 9 rings (SSSR count). The molecule has 3 saturated heterocycles. The summed E-state index contributed by atoms with van der Waals surface area (Å²) in [5.41, 5.74) is 3.89. The van der Waals surface area contributed by atoms with Crippen molar-refractivity contribution in [2.45, 2.75) is 80.6 Å². The maximum absolute atomic E-state index is 14.5. The first kappa shape index (κ1) is 25.6. The van der Waals surface area contributed by atoms with Gasteiger partial charge < -0.3 is 9.47 Å². The van der Waals surface area contributed by atoms with Crippen molar-refractivity contribution in [2.24, 2.45) is 5.92 Å². The molecule has 212 valence electrons. The summed E-state index contributed by atoms with van der Waals surface area (Å²) in [6, 6.07) is 28.2. The topological polar surface area (TPSA) is 42.0 Å². The highest BCUT2D eigenvalue weighted by Gasteiger charge is 2.75. The normalized spacial score (nSPS) is 31.9. The van der Waals surface area contributed by atoms with Gasteiger partial charge in [0.25, 0.3) is 0 Å².